The number of aryl methyl sites for hydroxylation is 1. The first-order chi connectivity index (χ1) is 9.04. The molecule has 0 amide bonds. The van der Waals surface area contributed by atoms with E-state index in [1.165, 1.54) is 6.07 Å². The summed E-state index contributed by atoms with van der Waals surface area (Å²) in [6.45, 7) is 8.33. The minimum Gasteiger partial charge on any atom is -0.384 e. The second-order valence-corrected chi connectivity index (χ2v) is 5.83. The first kappa shape index (κ1) is 17.0. The minimum absolute atomic E-state index is 0.303. The number of aliphatic hydroxyl groups is 1. The van der Waals surface area contributed by atoms with Crippen LogP contribution in [0.5, 0.6) is 0 Å². The summed E-state index contributed by atoms with van der Waals surface area (Å²) in [5.41, 5.74) is -0.925. The molecule has 0 bridgehead atoms. The monoisotopic (exact) mass is 289 g/mol. The zero-order valence-electron chi connectivity index (χ0n) is 12.3. The largest absolute Gasteiger partial charge is 0.416 e. The van der Waals surface area contributed by atoms with Crippen LogP contribution in [0.15, 0.2) is 18.2 Å². The number of alkyl halides is 3. The standard InChI is InChI=1S/C15H22F3NO/c1-10(2)8-19-9-14(4,20)13-6-5-12(7-11(13)3)15(16,17)18/h5-7,10,19-20H,8-9H2,1-4H3. The summed E-state index contributed by atoms with van der Waals surface area (Å²) in [6, 6.07) is 3.45. The smallest absolute Gasteiger partial charge is 0.384 e. The Kier molecular flexibility index (Phi) is 5.21. The van der Waals surface area contributed by atoms with E-state index in [0.717, 1.165) is 18.7 Å². The van der Waals surface area contributed by atoms with Gasteiger partial charge in [-0.25, -0.2) is 0 Å². The number of benzene rings is 1. The third-order valence-electron chi connectivity index (χ3n) is 3.16. The lowest BCUT2D eigenvalue weighted by Gasteiger charge is -2.27. The summed E-state index contributed by atoms with van der Waals surface area (Å²) in [5, 5.41) is 13.6. The van der Waals surface area contributed by atoms with Gasteiger partial charge in [-0.15, -0.1) is 0 Å². The van der Waals surface area contributed by atoms with Crippen LogP contribution in [0.4, 0.5) is 13.2 Å². The first-order valence-corrected chi connectivity index (χ1v) is 6.65. The van der Waals surface area contributed by atoms with E-state index in [0.29, 0.717) is 23.6 Å². The van der Waals surface area contributed by atoms with E-state index in [9.17, 15) is 18.3 Å². The SMILES string of the molecule is Cc1cc(C(F)(F)F)ccc1C(C)(O)CNCC(C)C. The van der Waals surface area contributed by atoms with Crippen LogP contribution in [0.1, 0.15) is 37.5 Å². The van der Waals surface area contributed by atoms with Crippen molar-refractivity contribution in [2.24, 2.45) is 5.92 Å². The summed E-state index contributed by atoms with van der Waals surface area (Å²) in [4.78, 5) is 0. The molecule has 2 nitrogen and oxygen atoms in total. The molecule has 0 aromatic heterocycles. The van der Waals surface area contributed by atoms with Crippen LogP contribution in [-0.2, 0) is 11.8 Å². The Hall–Kier alpha value is -1.07. The molecule has 1 rings (SSSR count). The summed E-state index contributed by atoms with van der Waals surface area (Å²) >= 11 is 0. The van der Waals surface area contributed by atoms with Crippen molar-refractivity contribution in [2.45, 2.75) is 39.5 Å². The van der Waals surface area contributed by atoms with Gasteiger partial charge in [-0.2, -0.15) is 13.2 Å². The summed E-state index contributed by atoms with van der Waals surface area (Å²) in [6.07, 6.45) is -4.36. The number of nitrogens with one attached hydrogen (secondary N) is 1. The molecule has 0 aliphatic rings. The molecule has 0 saturated heterocycles. The van der Waals surface area contributed by atoms with E-state index < -0.39 is 17.3 Å². The number of rotatable bonds is 5. The van der Waals surface area contributed by atoms with E-state index in [4.69, 9.17) is 0 Å². The van der Waals surface area contributed by atoms with E-state index in [-0.39, 0.29) is 0 Å². The Balaban J connectivity index is 2.90. The molecule has 0 aliphatic heterocycles. The predicted octanol–water partition coefficient (Wildman–Crippen LogP) is 3.47. The Morgan fingerprint density at radius 2 is 1.85 bits per heavy atom. The van der Waals surface area contributed by atoms with Crippen LogP contribution < -0.4 is 5.32 Å². The highest BCUT2D eigenvalue weighted by Gasteiger charge is 2.32. The van der Waals surface area contributed by atoms with Crippen molar-refractivity contribution < 1.29 is 18.3 Å². The lowest BCUT2D eigenvalue weighted by atomic mass is 9.90. The molecule has 0 saturated carbocycles. The first-order valence-electron chi connectivity index (χ1n) is 6.65. The second-order valence-electron chi connectivity index (χ2n) is 5.83. The van der Waals surface area contributed by atoms with Gasteiger partial charge in [0.15, 0.2) is 0 Å². The Labute approximate surface area is 118 Å². The van der Waals surface area contributed by atoms with Crippen molar-refractivity contribution in [1.29, 1.82) is 0 Å². The van der Waals surface area contributed by atoms with Crippen LogP contribution >= 0.6 is 0 Å². The number of hydrogen-bond donors (Lipinski definition) is 2. The molecular weight excluding hydrogens is 267 g/mol. The van der Waals surface area contributed by atoms with Crippen molar-refractivity contribution in [3.05, 3.63) is 34.9 Å². The van der Waals surface area contributed by atoms with Gasteiger partial charge in [0.25, 0.3) is 0 Å². The number of hydrogen-bond acceptors (Lipinski definition) is 2. The van der Waals surface area contributed by atoms with Crippen molar-refractivity contribution >= 4 is 0 Å². The predicted molar refractivity (Wildman–Crippen MR) is 73.5 cm³/mol. The topological polar surface area (TPSA) is 32.3 Å². The summed E-state index contributed by atoms with van der Waals surface area (Å²) < 4.78 is 37.8. The lowest BCUT2D eigenvalue weighted by Crippen LogP contribution is -2.37. The van der Waals surface area contributed by atoms with Gasteiger partial charge in [0, 0.05) is 6.54 Å². The number of halogens is 3. The van der Waals surface area contributed by atoms with Gasteiger partial charge < -0.3 is 10.4 Å². The molecule has 5 heteroatoms. The molecular formula is C15H22F3NO. The highest BCUT2D eigenvalue weighted by Crippen LogP contribution is 2.32. The van der Waals surface area contributed by atoms with Crippen molar-refractivity contribution in [2.75, 3.05) is 13.1 Å². The van der Waals surface area contributed by atoms with Gasteiger partial charge in [-0.05, 0) is 49.6 Å². The molecule has 1 aromatic rings. The lowest BCUT2D eigenvalue weighted by molar-refractivity contribution is -0.137. The van der Waals surface area contributed by atoms with E-state index >= 15 is 0 Å². The van der Waals surface area contributed by atoms with E-state index in [1.807, 2.05) is 13.8 Å². The Morgan fingerprint density at radius 3 is 2.30 bits per heavy atom. The van der Waals surface area contributed by atoms with Gasteiger partial charge in [0.05, 0.1) is 11.2 Å². The molecule has 1 atom stereocenters. The second kappa shape index (κ2) is 6.14. The van der Waals surface area contributed by atoms with E-state index in [2.05, 4.69) is 5.32 Å². The zero-order valence-corrected chi connectivity index (χ0v) is 12.3. The fourth-order valence-electron chi connectivity index (χ4n) is 2.14. The van der Waals surface area contributed by atoms with Crippen molar-refractivity contribution in [3.63, 3.8) is 0 Å². The minimum atomic E-state index is -4.36. The van der Waals surface area contributed by atoms with Crippen LogP contribution in [0.3, 0.4) is 0 Å². The van der Waals surface area contributed by atoms with Gasteiger partial charge >= 0.3 is 6.18 Å². The third-order valence-corrected chi connectivity index (χ3v) is 3.16. The van der Waals surface area contributed by atoms with Gasteiger partial charge in [-0.1, -0.05) is 19.9 Å². The summed E-state index contributed by atoms with van der Waals surface area (Å²) in [5.74, 6) is 0.444. The van der Waals surface area contributed by atoms with Gasteiger partial charge in [0.1, 0.15) is 0 Å². The van der Waals surface area contributed by atoms with Crippen molar-refractivity contribution in [1.82, 2.24) is 5.32 Å². The van der Waals surface area contributed by atoms with Crippen LogP contribution in [0.25, 0.3) is 0 Å². The Bertz CT molecular complexity index is 453. The highest BCUT2D eigenvalue weighted by atomic mass is 19.4. The fourth-order valence-corrected chi connectivity index (χ4v) is 2.14. The van der Waals surface area contributed by atoms with Gasteiger partial charge in [-0.3, -0.25) is 0 Å². The van der Waals surface area contributed by atoms with Crippen molar-refractivity contribution in [3.8, 4) is 0 Å². The molecule has 20 heavy (non-hydrogen) atoms. The molecule has 1 aromatic carbocycles. The average Bonchev–Trinajstić information content (AvgIpc) is 2.26. The van der Waals surface area contributed by atoms with Gasteiger partial charge in [0.2, 0.25) is 0 Å². The van der Waals surface area contributed by atoms with E-state index in [1.54, 1.807) is 13.8 Å². The maximum Gasteiger partial charge on any atom is 0.416 e. The molecule has 114 valence electrons. The van der Waals surface area contributed by atoms with Crippen LogP contribution in [-0.4, -0.2) is 18.2 Å². The molecule has 0 spiro atoms. The van der Waals surface area contributed by atoms with Crippen LogP contribution in [0, 0.1) is 12.8 Å². The molecule has 0 fully saturated rings. The molecule has 0 radical (unpaired) electrons. The summed E-state index contributed by atoms with van der Waals surface area (Å²) in [7, 11) is 0. The van der Waals surface area contributed by atoms with Crippen LogP contribution in [0.2, 0.25) is 0 Å². The third kappa shape index (κ3) is 4.49. The maximum absolute atomic E-state index is 12.6. The molecule has 2 N–H and O–H groups in total. The molecule has 1 unspecified atom stereocenters. The normalized spacial score (nSPS) is 15.4. The molecule has 0 heterocycles. The molecule has 0 aliphatic carbocycles. The zero-order chi connectivity index (χ0) is 15.6. The maximum atomic E-state index is 12.6. The Morgan fingerprint density at radius 1 is 1.25 bits per heavy atom. The fraction of sp³-hybridized carbons (Fsp3) is 0.600. The highest BCUT2D eigenvalue weighted by molar-refractivity contribution is 5.36. The average molecular weight is 289 g/mol. The quantitative estimate of drug-likeness (QED) is 0.870.